The molecule has 0 atom stereocenters. The summed E-state index contributed by atoms with van der Waals surface area (Å²) in [6.07, 6.45) is 2.07. The summed E-state index contributed by atoms with van der Waals surface area (Å²) in [5.41, 5.74) is 4.15. The van der Waals surface area contributed by atoms with E-state index >= 15 is 0 Å². The summed E-state index contributed by atoms with van der Waals surface area (Å²) >= 11 is 5.78. The topological polar surface area (TPSA) is 55.8 Å². The van der Waals surface area contributed by atoms with Crippen molar-refractivity contribution in [3.63, 3.8) is 0 Å². The van der Waals surface area contributed by atoms with Crippen molar-refractivity contribution in [1.29, 1.82) is 0 Å². The van der Waals surface area contributed by atoms with Gasteiger partial charge >= 0.3 is 5.97 Å². The van der Waals surface area contributed by atoms with Gasteiger partial charge < -0.3 is 14.6 Å². The van der Waals surface area contributed by atoms with E-state index in [1.807, 2.05) is 25.1 Å². The zero-order chi connectivity index (χ0) is 21.5. The molecule has 0 heterocycles. The molecule has 0 radical (unpaired) electrons. The Balaban J connectivity index is 1.77. The fourth-order valence-corrected chi connectivity index (χ4v) is 3.52. The Morgan fingerprint density at radius 3 is 2.23 bits per heavy atom. The number of carboxylic acid groups (broad SMARTS) is 1. The molecule has 4 nitrogen and oxygen atoms in total. The van der Waals surface area contributed by atoms with Crippen molar-refractivity contribution in [2.24, 2.45) is 0 Å². The summed E-state index contributed by atoms with van der Waals surface area (Å²) in [7, 11) is 0. The lowest BCUT2D eigenvalue weighted by Crippen LogP contribution is -2.10. The summed E-state index contributed by atoms with van der Waals surface area (Å²) in [6, 6.07) is 21.9. The number of benzene rings is 3. The van der Waals surface area contributed by atoms with Crippen LogP contribution in [0.25, 0.3) is 5.57 Å². The summed E-state index contributed by atoms with van der Waals surface area (Å²) in [5, 5.41) is 8.75. The number of hydrogen-bond donors (Lipinski definition) is 1. The van der Waals surface area contributed by atoms with E-state index in [1.54, 1.807) is 12.1 Å². The molecular formula is C24H20BrIO4. The highest BCUT2D eigenvalue weighted by molar-refractivity contribution is 14.1. The fourth-order valence-electron chi connectivity index (χ4n) is 2.90. The number of carbonyl (C=O) groups is 1. The van der Waals surface area contributed by atoms with Crippen LogP contribution in [0.5, 0.6) is 11.5 Å². The minimum atomic E-state index is -1.00. The predicted molar refractivity (Wildman–Crippen MR) is 130 cm³/mol. The van der Waals surface area contributed by atoms with Gasteiger partial charge in [-0.15, -0.1) is 0 Å². The van der Waals surface area contributed by atoms with Gasteiger partial charge in [0.1, 0.15) is 18.1 Å². The van der Waals surface area contributed by atoms with Crippen LogP contribution in [0.3, 0.4) is 0 Å². The second-order valence-corrected chi connectivity index (χ2v) is 8.71. The second kappa shape index (κ2) is 10.6. The maximum atomic E-state index is 10.7. The molecule has 0 spiro atoms. The minimum Gasteiger partial charge on any atom is -0.489 e. The highest BCUT2D eigenvalue weighted by Gasteiger charge is 2.07. The van der Waals surface area contributed by atoms with Gasteiger partial charge in [0.2, 0.25) is 0 Å². The third kappa shape index (κ3) is 6.34. The van der Waals surface area contributed by atoms with Crippen molar-refractivity contribution in [2.75, 3.05) is 13.2 Å². The second-order valence-electron chi connectivity index (χ2n) is 6.55. The Bertz CT molecular complexity index is 996. The van der Waals surface area contributed by atoms with Crippen LogP contribution < -0.4 is 9.47 Å². The highest BCUT2D eigenvalue weighted by atomic mass is 127. The molecular weight excluding hydrogens is 559 g/mol. The highest BCUT2D eigenvalue weighted by Crippen LogP contribution is 2.27. The molecule has 0 fully saturated rings. The SMILES string of the molecule is Cc1cc(OCC=C(c2ccc(Br)cc2)c2ccc(I)cc2)ccc1OCC(=O)O. The first-order chi connectivity index (χ1) is 14.4. The van der Waals surface area contributed by atoms with Crippen LogP contribution in [0.15, 0.2) is 77.3 Å². The summed E-state index contributed by atoms with van der Waals surface area (Å²) in [6.45, 7) is 1.89. The normalized spacial score (nSPS) is 11.2. The molecule has 154 valence electrons. The third-order valence-electron chi connectivity index (χ3n) is 4.35. The van der Waals surface area contributed by atoms with Gasteiger partial charge in [0.15, 0.2) is 6.61 Å². The molecule has 0 saturated carbocycles. The van der Waals surface area contributed by atoms with Gasteiger partial charge in [-0.1, -0.05) is 40.2 Å². The zero-order valence-electron chi connectivity index (χ0n) is 16.3. The van der Waals surface area contributed by atoms with E-state index in [-0.39, 0.29) is 6.61 Å². The lowest BCUT2D eigenvalue weighted by atomic mass is 9.98. The lowest BCUT2D eigenvalue weighted by Gasteiger charge is -2.12. The van der Waals surface area contributed by atoms with Crippen LogP contribution in [0.2, 0.25) is 0 Å². The number of aryl methyl sites for hydroxylation is 1. The molecule has 0 bridgehead atoms. The first-order valence-electron chi connectivity index (χ1n) is 9.22. The first-order valence-corrected chi connectivity index (χ1v) is 11.1. The Labute approximate surface area is 197 Å². The molecule has 0 aromatic heterocycles. The first kappa shape index (κ1) is 22.4. The molecule has 30 heavy (non-hydrogen) atoms. The van der Waals surface area contributed by atoms with Crippen molar-refractivity contribution >= 4 is 50.1 Å². The van der Waals surface area contributed by atoms with Crippen LogP contribution in [0.4, 0.5) is 0 Å². The van der Waals surface area contributed by atoms with Gasteiger partial charge in [-0.3, -0.25) is 0 Å². The van der Waals surface area contributed by atoms with E-state index in [1.165, 1.54) is 3.57 Å². The molecule has 0 saturated heterocycles. The number of ether oxygens (including phenoxy) is 2. The van der Waals surface area contributed by atoms with Gasteiger partial charge in [0.05, 0.1) is 0 Å². The van der Waals surface area contributed by atoms with Gasteiger partial charge in [-0.2, -0.15) is 0 Å². The van der Waals surface area contributed by atoms with Crippen molar-refractivity contribution < 1.29 is 19.4 Å². The summed E-state index contributed by atoms with van der Waals surface area (Å²) in [4.78, 5) is 10.7. The van der Waals surface area contributed by atoms with Crippen molar-refractivity contribution in [2.45, 2.75) is 6.92 Å². The number of carboxylic acids is 1. The van der Waals surface area contributed by atoms with E-state index < -0.39 is 5.97 Å². The number of halogens is 2. The molecule has 0 aliphatic rings. The average Bonchev–Trinajstić information content (AvgIpc) is 2.72. The van der Waals surface area contributed by atoms with Gasteiger partial charge in [0, 0.05) is 8.04 Å². The molecule has 0 aliphatic carbocycles. The maximum Gasteiger partial charge on any atom is 0.341 e. The Morgan fingerprint density at radius 2 is 1.63 bits per heavy atom. The van der Waals surface area contributed by atoms with Crippen LogP contribution in [0, 0.1) is 10.5 Å². The van der Waals surface area contributed by atoms with E-state index in [0.29, 0.717) is 18.1 Å². The standard InChI is InChI=1S/C24H20BrIO4/c1-16-14-21(10-11-23(16)30-15-24(27)28)29-13-12-22(17-2-6-19(25)7-3-17)18-4-8-20(26)9-5-18/h2-12,14H,13,15H2,1H3,(H,27,28). The average molecular weight is 579 g/mol. The Hall–Kier alpha value is -2.32. The van der Waals surface area contributed by atoms with Crippen LogP contribution in [-0.2, 0) is 4.79 Å². The fraction of sp³-hybridized carbons (Fsp3) is 0.125. The predicted octanol–water partition coefficient (Wildman–Crippen LogP) is 6.34. The maximum absolute atomic E-state index is 10.7. The summed E-state index contributed by atoms with van der Waals surface area (Å²) in [5.74, 6) is 0.231. The third-order valence-corrected chi connectivity index (χ3v) is 5.59. The van der Waals surface area contributed by atoms with E-state index in [9.17, 15) is 4.79 Å². The Morgan fingerprint density at radius 1 is 1.00 bits per heavy atom. The molecule has 0 aliphatic heterocycles. The molecule has 0 amide bonds. The van der Waals surface area contributed by atoms with Crippen LogP contribution in [0.1, 0.15) is 16.7 Å². The lowest BCUT2D eigenvalue weighted by molar-refractivity contribution is -0.139. The van der Waals surface area contributed by atoms with Crippen molar-refractivity contribution in [3.8, 4) is 11.5 Å². The Kier molecular flexibility index (Phi) is 7.93. The molecule has 3 aromatic carbocycles. The van der Waals surface area contributed by atoms with Gasteiger partial charge in [-0.05, 0) is 100 Å². The van der Waals surface area contributed by atoms with E-state index in [2.05, 4.69) is 81.0 Å². The van der Waals surface area contributed by atoms with E-state index in [0.717, 1.165) is 26.7 Å². The van der Waals surface area contributed by atoms with Gasteiger partial charge in [0.25, 0.3) is 0 Å². The van der Waals surface area contributed by atoms with E-state index in [4.69, 9.17) is 14.6 Å². The molecule has 6 heteroatoms. The number of aliphatic carboxylic acids is 1. The van der Waals surface area contributed by atoms with Crippen LogP contribution in [-0.4, -0.2) is 24.3 Å². The minimum absolute atomic E-state index is 0.365. The number of rotatable bonds is 8. The largest absolute Gasteiger partial charge is 0.489 e. The smallest absolute Gasteiger partial charge is 0.341 e. The molecule has 1 N–H and O–H groups in total. The van der Waals surface area contributed by atoms with Gasteiger partial charge in [-0.25, -0.2) is 4.79 Å². The zero-order valence-corrected chi connectivity index (χ0v) is 20.0. The number of hydrogen-bond acceptors (Lipinski definition) is 3. The van der Waals surface area contributed by atoms with Crippen LogP contribution >= 0.6 is 38.5 Å². The van der Waals surface area contributed by atoms with Crippen molar-refractivity contribution in [3.05, 3.63) is 97.5 Å². The monoisotopic (exact) mass is 578 g/mol. The quantitative estimate of drug-likeness (QED) is 0.317. The molecule has 3 rings (SSSR count). The molecule has 0 unspecified atom stereocenters. The summed E-state index contributed by atoms with van der Waals surface area (Å²) < 4.78 is 13.4. The van der Waals surface area contributed by atoms with Crippen molar-refractivity contribution in [1.82, 2.24) is 0 Å². The molecule has 3 aromatic rings.